The number of aryl methyl sites for hydroxylation is 4. The van der Waals surface area contributed by atoms with E-state index in [0.717, 1.165) is 29.8 Å². The van der Waals surface area contributed by atoms with Crippen LogP contribution in [0.2, 0.25) is 0 Å². The monoisotopic (exact) mass is 286 g/mol. The number of anilines is 1. The summed E-state index contributed by atoms with van der Waals surface area (Å²) < 4.78 is 5.11. The molecule has 0 fully saturated rings. The molecule has 0 unspecified atom stereocenters. The normalized spacial score (nSPS) is 10.7. The number of para-hydroxylation sites is 1. The molecule has 0 saturated heterocycles. The largest absolute Gasteiger partial charge is 0.361 e. The molecule has 0 atom stereocenters. The number of carbonyl (C=O) groups excluding carboxylic acids is 1. The van der Waals surface area contributed by atoms with E-state index in [1.165, 1.54) is 11.1 Å². The molecule has 21 heavy (non-hydrogen) atoms. The molecule has 2 rings (SSSR count). The van der Waals surface area contributed by atoms with Crippen LogP contribution < -0.4 is 5.32 Å². The topological polar surface area (TPSA) is 55.1 Å². The van der Waals surface area contributed by atoms with Crippen molar-refractivity contribution >= 4 is 11.6 Å². The van der Waals surface area contributed by atoms with E-state index in [1.54, 1.807) is 0 Å². The second-order valence-electron chi connectivity index (χ2n) is 5.19. The van der Waals surface area contributed by atoms with Gasteiger partial charge in [0, 0.05) is 11.3 Å². The molecule has 4 nitrogen and oxygen atoms in total. The second-order valence-corrected chi connectivity index (χ2v) is 5.19. The Labute approximate surface area is 125 Å². The Morgan fingerprint density at radius 2 is 1.81 bits per heavy atom. The van der Waals surface area contributed by atoms with Crippen LogP contribution in [-0.4, -0.2) is 11.1 Å². The summed E-state index contributed by atoms with van der Waals surface area (Å²) in [4.78, 5) is 12.3. The first-order valence-corrected chi connectivity index (χ1v) is 7.39. The van der Waals surface area contributed by atoms with Crippen LogP contribution in [0.25, 0.3) is 0 Å². The van der Waals surface area contributed by atoms with E-state index in [9.17, 15) is 4.79 Å². The summed E-state index contributed by atoms with van der Waals surface area (Å²) in [6.45, 7) is 7.88. The van der Waals surface area contributed by atoms with Crippen LogP contribution in [0.5, 0.6) is 0 Å². The fourth-order valence-corrected chi connectivity index (χ4v) is 2.50. The molecule has 1 heterocycles. The van der Waals surface area contributed by atoms with Gasteiger partial charge in [-0.2, -0.15) is 0 Å². The minimum Gasteiger partial charge on any atom is -0.361 e. The van der Waals surface area contributed by atoms with Crippen molar-refractivity contribution in [3.05, 3.63) is 46.3 Å². The van der Waals surface area contributed by atoms with Crippen LogP contribution in [0.1, 0.15) is 42.0 Å². The molecule has 0 spiro atoms. The summed E-state index contributed by atoms with van der Waals surface area (Å²) in [6, 6.07) is 6.16. The van der Waals surface area contributed by atoms with E-state index in [1.807, 2.05) is 19.9 Å². The molecule has 4 heteroatoms. The number of aromatic nitrogens is 1. The molecule has 0 radical (unpaired) electrons. The van der Waals surface area contributed by atoms with Crippen molar-refractivity contribution in [2.75, 3.05) is 5.32 Å². The minimum absolute atomic E-state index is 0.0278. The highest BCUT2D eigenvalue weighted by Gasteiger charge is 2.15. The number of nitrogens with zero attached hydrogens (tertiary/aromatic N) is 1. The summed E-state index contributed by atoms with van der Waals surface area (Å²) >= 11 is 0. The highest BCUT2D eigenvalue weighted by molar-refractivity contribution is 5.94. The first kappa shape index (κ1) is 15.3. The zero-order valence-corrected chi connectivity index (χ0v) is 13.1. The molecule has 0 saturated carbocycles. The van der Waals surface area contributed by atoms with Gasteiger partial charge < -0.3 is 9.84 Å². The van der Waals surface area contributed by atoms with Crippen LogP contribution in [0.4, 0.5) is 5.69 Å². The summed E-state index contributed by atoms with van der Waals surface area (Å²) in [6.07, 6.45) is 2.09. The summed E-state index contributed by atoms with van der Waals surface area (Å²) in [5.74, 6) is 0.683. The maximum absolute atomic E-state index is 12.3. The summed E-state index contributed by atoms with van der Waals surface area (Å²) in [7, 11) is 0. The van der Waals surface area contributed by atoms with Crippen molar-refractivity contribution in [2.45, 2.75) is 47.0 Å². The predicted octanol–water partition coefficient (Wildman–Crippen LogP) is 3.60. The molecule has 1 aromatic carbocycles. The van der Waals surface area contributed by atoms with Crippen molar-refractivity contribution in [3.8, 4) is 0 Å². The Kier molecular flexibility index (Phi) is 4.78. The van der Waals surface area contributed by atoms with Crippen molar-refractivity contribution in [1.82, 2.24) is 5.16 Å². The number of hydrogen-bond donors (Lipinski definition) is 1. The maximum Gasteiger partial charge on any atom is 0.229 e. The quantitative estimate of drug-likeness (QED) is 0.913. The summed E-state index contributed by atoms with van der Waals surface area (Å²) in [5.41, 5.74) is 4.95. The highest BCUT2D eigenvalue weighted by atomic mass is 16.5. The highest BCUT2D eigenvalue weighted by Crippen LogP contribution is 2.23. The van der Waals surface area contributed by atoms with E-state index < -0.39 is 0 Å². The SMILES string of the molecule is CCc1cccc(CC)c1NC(=O)Cc1c(C)noc1C. The number of carbonyl (C=O) groups is 1. The van der Waals surface area contributed by atoms with Crippen molar-refractivity contribution < 1.29 is 9.32 Å². The number of hydrogen-bond acceptors (Lipinski definition) is 3. The molecule has 112 valence electrons. The van der Waals surface area contributed by atoms with Gasteiger partial charge in [-0.25, -0.2) is 0 Å². The van der Waals surface area contributed by atoms with Gasteiger partial charge in [0.2, 0.25) is 5.91 Å². The first-order chi connectivity index (χ1) is 10.1. The lowest BCUT2D eigenvalue weighted by Gasteiger charge is -2.14. The van der Waals surface area contributed by atoms with Crippen molar-refractivity contribution in [1.29, 1.82) is 0 Å². The Balaban J connectivity index is 2.20. The Bertz CT molecular complexity index is 602. The average Bonchev–Trinajstić information content (AvgIpc) is 2.79. The third-order valence-electron chi connectivity index (χ3n) is 3.78. The van der Waals surface area contributed by atoms with Gasteiger partial charge in [0.1, 0.15) is 5.76 Å². The Morgan fingerprint density at radius 3 is 2.29 bits per heavy atom. The fraction of sp³-hybridized carbons (Fsp3) is 0.412. The average molecular weight is 286 g/mol. The number of benzene rings is 1. The molecule has 0 bridgehead atoms. The number of nitrogens with one attached hydrogen (secondary N) is 1. The van der Waals surface area contributed by atoms with Crippen LogP contribution in [0.3, 0.4) is 0 Å². The molecule has 2 aromatic rings. The maximum atomic E-state index is 12.3. The summed E-state index contributed by atoms with van der Waals surface area (Å²) in [5, 5.41) is 6.95. The Hall–Kier alpha value is -2.10. The zero-order chi connectivity index (χ0) is 15.4. The molecule has 1 amide bonds. The van der Waals surface area contributed by atoms with Gasteiger partial charge in [-0.15, -0.1) is 0 Å². The van der Waals surface area contributed by atoms with E-state index in [4.69, 9.17) is 4.52 Å². The smallest absolute Gasteiger partial charge is 0.229 e. The minimum atomic E-state index is -0.0278. The van der Waals surface area contributed by atoms with Gasteiger partial charge in [0.15, 0.2) is 0 Å². The van der Waals surface area contributed by atoms with Gasteiger partial charge in [-0.05, 0) is 37.8 Å². The van der Waals surface area contributed by atoms with Gasteiger partial charge in [-0.1, -0.05) is 37.2 Å². The second kappa shape index (κ2) is 6.57. The lowest BCUT2D eigenvalue weighted by Crippen LogP contribution is -2.17. The van der Waals surface area contributed by atoms with Gasteiger partial charge >= 0.3 is 0 Å². The lowest BCUT2D eigenvalue weighted by molar-refractivity contribution is -0.115. The molecule has 0 aliphatic rings. The van der Waals surface area contributed by atoms with Gasteiger partial charge in [0.25, 0.3) is 0 Å². The molecule has 1 aromatic heterocycles. The standard InChI is InChI=1S/C17H22N2O2/c1-5-13-8-7-9-14(6-2)17(13)18-16(20)10-15-11(3)19-21-12(15)4/h7-9H,5-6,10H2,1-4H3,(H,18,20). The molecule has 0 aliphatic heterocycles. The third-order valence-corrected chi connectivity index (χ3v) is 3.78. The van der Waals surface area contributed by atoms with E-state index in [-0.39, 0.29) is 5.91 Å². The van der Waals surface area contributed by atoms with Crippen LogP contribution >= 0.6 is 0 Å². The first-order valence-electron chi connectivity index (χ1n) is 7.39. The van der Waals surface area contributed by atoms with E-state index in [0.29, 0.717) is 12.2 Å². The van der Waals surface area contributed by atoms with Crippen molar-refractivity contribution in [3.63, 3.8) is 0 Å². The third kappa shape index (κ3) is 3.32. The van der Waals surface area contributed by atoms with Crippen molar-refractivity contribution in [2.24, 2.45) is 0 Å². The lowest BCUT2D eigenvalue weighted by atomic mass is 10.0. The van der Waals surface area contributed by atoms with E-state index in [2.05, 4.69) is 36.5 Å². The molecule has 0 aliphatic carbocycles. The zero-order valence-electron chi connectivity index (χ0n) is 13.1. The fourth-order valence-electron chi connectivity index (χ4n) is 2.50. The van der Waals surface area contributed by atoms with Gasteiger partial charge in [0.05, 0.1) is 12.1 Å². The molecular weight excluding hydrogens is 264 g/mol. The van der Waals surface area contributed by atoms with Crippen LogP contribution in [0, 0.1) is 13.8 Å². The van der Waals surface area contributed by atoms with Gasteiger partial charge in [-0.3, -0.25) is 4.79 Å². The molecular formula is C17H22N2O2. The van der Waals surface area contributed by atoms with E-state index >= 15 is 0 Å². The Morgan fingerprint density at radius 1 is 1.19 bits per heavy atom. The van der Waals surface area contributed by atoms with Crippen LogP contribution in [0.15, 0.2) is 22.7 Å². The predicted molar refractivity (Wildman–Crippen MR) is 83.5 cm³/mol. The number of rotatable bonds is 5. The van der Waals surface area contributed by atoms with Crippen LogP contribution in [-0.2, 0) is 24.1 Å². The molecule has 1 N–H and O–H groups in total. The number of amides is 1.